The van der Waals surface area contributed by atoms with Crippen LogP contribution in [-0.4, -0.2) is 42.7 Å². The molecule has 2 unspecified atom stereocenters. The molecular weight excluding hydrogens is 485 g/mol. The van der Waals surface area contributed by atoms with Gasteiger partial charge < -0.3 is 15.2 Å². The second kappa shape index (κ2) is 11.8. The lowest BCUT2D eigenvalue weighted by Gasteiger charge is -2.39. The second-order valence-electron chi connectivity index (χ2n) is 7.06. The van der Waals surface area contributed by atoms with Crippen molar-refractivity contribution in [2.75, 3.05) is 26.7 Å². The number of piperidine rings is 1. The molecule has 2 atom stereocenters. The van der Waals surface area contributed by atoms with E-state index in [1.54, 1.807) is 0 Å². The van der Waals surface area contributed by atoms with E-state index in [2.05, 4.69) is 64.1 Å². The zero-order chi connectivity index (χ0) is 19.1. The monoisotopic (exact) mass is 517 g/mol. The summed E-state index contributed by atoms with van der Waals surface area (Å²) in [6.07, 6.45) is 3.36. The zero-order valence-electron chi connectivity index (χ0n) is 17.0. The molecule has 3 heterocycles. The number of thiophene rings is 1. The van der Waals surface area contributed by atoms with E-state index in [1.807, 2.05) is 17.4 Å². The Morgan fingerprint density at radius 2 is 2.25 bits per heavy atom. The lowest BCUT2D eigenvalue weighted by molar-refractivity contribution is 0.125. The van der Waals surface area contributed by atoms with Crippen LogP contribution >= 0.6 is 35.3 Å². The second-order valence-corrected chi connectivity index (χ2v) is 8.04. The highest BCUT2D eigenvalue weighted by Crippen LogP contribution is 2.36. The average molecular weight is 517 g/mol. The van der Waals surface area contributed by atoms with E-state index in [-0.39, 0.29) is 24.0 Å². The minimum absolute atomic E-state index is 0. The zero-order valence-corrected chi connectivity index (χ0v) is 20.1. The molecule has 0 aromatic carbocycles. The van der Waals surface area contributed by atoms with Gasteiger partial charge in [-0.05, 0) is 57.1 Å². The normalized spacial score (nSPS) is 20.6. The molecule has 0 bridgehead atoms. The number of halogens is 1. The van der Waals surface area contributed by atoms with Crippen LogP contribution in [0, 0.1) is 5.92 Å². The number of likely N-dealkylation sites (tertiary alicyclic amines) is 1. The van der Waals surface area contributed by atoms with Crippen molar-refractivity contribution in [2.45, 2.75) is 45.7 Å². The van der Waals surface area contributed by atoms with Crippen molar-refractivity contribution in [1.82, 2.24) is 20.7 Å². The summed E-state index contributed by atoms with van der Waals surface area (Å²) in [4.78, 5) is 8.62. The highest BCUT2D eigenvalue weighted by Gasteiger charge is 2.31. The number of aryl methyl sites for hydroxylation is 1. The van der Waals surface area contributed by atoms with Crippen molar-refractivity contribution in [1.29, 1.82) is 0 Å². The number of hydrogen-bond donors (Lipinski definition) is 2. The minimum Gasteiger partial charge on any atom is -0.359 e. The quantitative estimate of drug-likeness (QED) is 0.330. The Kier molecular flexibility index (Phi) is 9.73. The molecule has 6 nitrogen and oxygen atoms in total. The van der Waals surface area contributed by atoms with Gasteiger partial charge in [-0.15, -0.1) is 35.3 Å². The summed E-state index contributed by atoms with van der Waals surface area (Å²) in [6.45, 7) is 7.57. The topological polar surface area (TPSA) is 65.7 Å². The molecule has 1 saturated heterocycles. The number of hydrogen-bond acceptors (Lipinski definition) is 5. The predicted molar refractivity (Wildman–Crippen MR) is 127 cm³/mol. The first kappa shape index (κ1) is 23.2. The Balaban J connectivity index is 0.00000280. The molecule has 1 fully saturated rings. The van der Waals surface area contributed by atoms with Gasteiger partial charge in [-0.2, -0.15) is 0 Å². The van der Waals surface area contributed by atoms with E-state index >= 15 is 0 Å². The maximum absolute atomic E-state index is 5.34. The molecule has 0 amide bonds. The maximum atomic E-state index is 5.34. The van der Waals surface area contributed by atoms with Crippen LogP contribution < -0.4 is 10.6 Å². The number of rotatable bonds is 7. The van der Waals surface area contributed by atoms with Crippen molar-refractivity contribution in [3.63, 3.8) is 0 Å². The van der Waals surface area contributed by atoms with E-state index in [4.69, 9.17) is 4.52 Å². The third kappa shape index (κ3) is 6.18. The number of nitrogens with zero attached hydrogens (tertiary/aromatic N) is 3. The fraction of sp³-hybridized carbons (Fsp3) is 0.600. The summed E-state index contributed by atoms with van der Waals surface area (Å²) >= 11 is 1.86. The fourth-order valence-corrected chi connectivity index (χ4v) is 4.69. The largest absolute Gasteiger partial charge is 0.359 e. The summed E-state index contributed by atoms with van der Waals surface area (Å²) in [6, 6.07) is 6.88. The molecule has 3 rings (SSSR count). The van der Waals surface area contributed by atoms with E-state index in [0.717, 1.165) is 36.9 Å². The van der Waals surface area contributed by atoms with Gasteiger partial charge in [-0.1, -0.05) is 18.1 Å². The van der Waals surface area contributed by atoms with Gasteiger partial charge in [0.25, 0.3) is 0 Å². The molecule has 2 aromatic heterocycles. The van der Waals surface area contributed by atoms with Crippen molar-refractivity contribution >= 4 is 41.3 Å². The van der Waals surface area contributed by atoms with Gasteiger partial charge in [-0.25, -0.2) is 4.99 Å². The maximum Gasteiger partial charge on any atom is 0.191 e. The van der Waals surface area contributed by atoms with Gasteiger partial charge in [0.1, 0.15) is 6.54 Å². The number of guanidine groups is 1. The van der Waals surface area contributed by atoms with Crippen LogP contribution in [0.3, 0.4) is 0 Å². The third-order valence-corrected chi connectivity index (χ3v) is 6.02. The van der Waals surface area contributed by atoms with E-state index in [1.165, 1.54) is 24.3 Å². The predicted octanol–water partition coefficient (Wildman–Crippen LogP) is 4.05. The molecule has 0 radical (unpaired) electrons. The number of nitrogens with one attached hydrogen (secondary N) is 2. The smallest absolute Gasteiger partial charge is 0.191 e. The summed E-state index contributed by atoms with van der Waals surface area (Å²) < 4.78 is 5.34. The van der Waals surface area contributed by atoms with E-state index < -0.39 is 0 Å². The highest BCUT2D eigenvalue weighted by atomic mass is 127. The molecule has 1 aliphatic rings. The summed E-state index contributed by atoms with van der Waals surface area (Å²) in [5.41, 5.74) is 0.974. The molecule has 1 aliphatic heterocycles. The number of aromatic nitrogens is 1. The van der Waals surface area contributed by atoms with Gasteiger partial charge >= 0.3 is 0 Å². The lowest BCUT2D eigenvalue weighted by Crippen LogP contribution is -2.44. The van der Waals surface area contributed by atoms with E-state index in [9.17, 15) is 0 Å². The molecule has 156 valence electrons. The molecule has 8 heteroatoms. The van der Waals surface area contributed by atoms with Crippen LogP contribution in [0.4, 0.5) is 0 Å². The molecular formula is C20H32IN5OS. The highest BCUT2D eigenvalue weighted by molar-refractivity contribution is 14.0. The third-order valence-electron chi connectivity index (χ3n) is 5.08. The fourth-order valence-electron chi connectivity index (χ4n) is 3.71. The van der Waals surface area contributed by atoms with Crippen molar-refractivity contribution in [3.05, 3.63) is 39.9 Å². The summed E-state index contributed by atoms with van der Waals surface area (Å²) in [5, 5.41) is 13.1. The first-order chi connectivity index (χ1) is 13.2. The van der Waals surface area contributed by atoms with Crippen LogP contribution in [-0.2, 0) is 13.0 Å². The van der Waals surface area contributed by atoms with Crippen LogP contribution in [0.1, 0.15) is 49.1 Å². The van der Waals surface area contributed by atoms with Gasteiger partial charge in [0, 0.05) is 30.1 Å². The minimum atomic E-state index is 0. The van der Waals surface area contributed by atoms with Crippen LogP contribution in [0.15, 0.2) is 33.1 Å². The molecule has 2 N–H and O–H groups in total. The summed E-state index contributed by atoms with van der Waals surface area (Å²) in [5.74, 6) is 2.21. The average Bonchev–Trinajstić information content (AvgIpc) is 3.35. The van der Waals surface area contributed by atoms with Gasteiger partial charge in [0.05, 0.1) is 5.69 Å². The van der Waals surface area contributed by atoms with Crippen molar-refractivity contribution < 1.29 is 4.52 Å². The number of aliphatic imine (C=N–C) groups is 1. The van der Waals surface area contributed by atoms with Crippen molar-refractivity contribution in [3.8, 4) is 0 Å². The van der Waals surface area contributed by atoms with Crippen LogP contribution in [0.5, 0.6) is 0 Å². The summed E-state index contributed by atoms with van der Waals surface area (Å²) in [7, 11) is 2.24. The molecule has 0 saturated carbocycles. The van der Waals surface area contributed by atoms with Crippen LogP contribution in [0.25, 0.3) is 0 Å². The van der Waals surface area contributed by atoms with Crippen LogP contribution in [0.2, 0.25) is 0 Å². The van der Waals surface area contributed by atoms with Gasteiger partial charge in [-0.3, -0.25) is 4.90 Å². The SMILES string of the molecule is CCNC(=NCc1cc(CC)no1)NCC1CCCN(C)C1c1cccs1.I. The van der Waals surface area contributed by atoms with Gasteiger partial charge in [0.15, 0.2) is 11.7 Å². The molecule has 2 aromatic rings. The first-order valence-electron chi connectivity index (χ1n) is 9.91. The Labute approximate surface area is 189 Å². The molecule has 0 spiro atoms. The lowest BCUT2D eigenvalue weighted by atomic mass is 9.88. The molecule has 28 heavy (non-hydrogen) atoms. The van der Waals surface area contributed by atoms with E-state index in [0.29, 0.717) is 18.5 Å². The Hall–Kier alpha value is -1.13. The van der Waals surface area contributed by atoms with Crippen molar-refractivity contribution in [2.24, 2.45) is 10.9 Å². The standard InChI is InChI=1S/C20H31N5OS.HI/c1-4-16-12-17(26-24-16)14-23-20(21-5-2)22-13-15-8-6-10-25(3)19(15)18-9-7-11-27-18;/h7,9,11-12,15,19H,4-6,8,10,13-14H2,1-3H3,(H2,21,22,23);1H. The molecule has 0 aliphatic carbocycles. The Morgan fingerprint density at radius 3 is 2.93 bits per heavy atom. The Bertz CT molecular complexity index is 718. The first-order valence-corrected chi connectivity index (χ1v) is 10.8. The Morgan fingerprint density at radius 1 is 1.39 bits per heavy atom. The van der Waals surface area contributed by atoms with Gasteiger partial charge in [0.2, 0.25) is 0 Å².